The lowest BCUT2D eigenvalue weighted by molar-refractivity contribution is -0.137. The molecule has 0 radical (unpaired) electrons. The van der Waals surface area contributed by atoms with Crippen LogP contribution in [0.25, 0.3) is 0 Å². The molecule has 1 heterocycles. The van der Waals surface area contributed by atoms with E-state index in [-0.39, 0.29) is 0 Å². The van der Waals surface area contributed by atoms with Gasteiger partial charge < -0.3 is 5.11 Å². The Bertz CT molecular complexity index is 236. The zero-order valence-corrected chi connectivity index (χ0v) is 5.96. The number of carboxylic acids is 1. The number of carbonyl (C=O) groups is 1. The van der Waals surface area contributed by atoms with E-state index in [1.54, 1.807) is 6.92 Å². The predicted octanol–water partition coefficient (Wildman–Crippen LogP) is 0.509. The molecule has 0 bridgehead atoms. The standard InChI is InChI=1S/C5H5ClN2O2/c1-3-7-2-5(6,8-3)4(9)10/h2H,1H3,(H,9,10). The molecular weight excluding hydrogens is 156 g/mol. The zero-order valence-electron chi connectivity index (χ0n) is 5.21. The molecule has 10 heavy (non-hydrogen) atoms. The van der Waals surface area contributed by atoms with Crippen LogP contribution in [0.15, 0.2) is 9.98 Å². The highest BCUT2D eigenvalue weighted by molar-refractivity contribution is 6.44. The van der Waals surface area contributed by atoms with Gasteiger partial charge in [0.25, 0.3) is 5.00 Å². The number of rotatable bonds is 1. The maximum absolute atomic E-state index is 10.3. The number of carboxylic acid groups (broad SMARTS) is 1. The van der Waals surface area contributed by atoms with Crippen LogP contribution in [0.2, 0.25) is 0 Å². The third-order valence-electron chi connectivity index (χ3n) is 1.05. The van der Waals surface area contributed by atoms with Crippen molar-refractivity contribution in [3.63, 3.8) is 0 Å². The molecule has 0 aromatic carbocycles. The second-order valence-electron chi connectivity index (χ2n) is 1.90. The number of amidine groups is 1. The molecule has 1 rings (SSSR count). The summed E-state index contributed by atoms with van der Waals surface area (Å²) in [6, 6.07) is 0. The molecule has 1 unspecified atom stereocenters. The highest BCUT2D eigenvalue weighted by atomic mass is 35.5. The van der Waals surface area contributed by atoms with E-state index in [1.807, 2.05) is 0 Å². The Morgan fingerprint density at radius 3 is 2.70 bits per heavy atom. The van der Waals surface area contributed by atoms with Gasteiger partial charge in [-0.3, -0.25) is 0 Å². The van der Waals surface area contributed by atoms with Crippen LogP contribution in [-0.2, 0) is 4.79 Å². The van der Waals surface area contributed by atoms with E-state index < -0.39 is 11.0 Å². The number of halogens is 1. The molecule has 1 aliphatic heterocycles. The molecule has 0 saturated heterocycles. The molecule has 5 heteroatoms. The summed E-state index contributed by atoms with van der Waals surface area (Å²) in [6.07, 6.45) is 1.10. The molecule has 0 aromatic rings. The highest BCUT2D eigenvalue weighted by Gasteiger charge is 2.36. The summed E-state index contributed by atoms with van der Waals surface area (Å²) in [4.78, 5) is 15.9. The van der Waals surface area contributed by atoms with Crippen molar-refractivity contribution in [3.05, 3.63) is 0 Å². The van der Waals surface area contributed by atoms with Crippen LogP contribution in [0.4, 0.5) is 0 Å². The molecule has 0 spiro atoms. The number of aliphatic carboxylic acids is 1. The monoisotopic (exact) mass is 160 g/mol. The van der Waals surface area contributed by atoms with Gasteiger partial charge in [-0.05, 0) is 6.92 Å². The van der Waals surface area contributed by atoms with Gasteiger partial charge >= 0.3 is 5.97 Å². The van der Waals surface area contributed by atoms with E-state index in [9.17, 15) is 4.79 Å². The summed E-state index contributed by atoms with van der Waals surface area (Å²) in [5, 5.41) is 8.46. The lowest BCUT2D eigenvalue weighted by Crippen LogP contribution is -2.29. The number of hydrogen-bond donors (Lipinski definition) is 1. The van der Waals surface area contributed by atoms with Gasteiger partial charge in [0.1, 0.15) is 5.84 Å². The lowest BCUT2D eigenvalue weighted by atomic mass is 10.3. The van der Waals surface area contributed by atoms with E-state index >= 15 is 0 Å². The minimum Gasteiger partial charge on any atom is -0.478 e. The molecule has 1 aliphatic rings. The van der Waals surface area contributed by atoms with Crippen molar-refractivity contribution in [2.45, 2.75) is 11.9 Å². The van der Waals surface area contributed by atoms with Crippen LogP contribution >= 0.6 is 11.6 Å². The average molecular weight is 161 g/mol. The molecule has 54 valence electrons. The predicted molar refractivity (Wildman–Crippen MR) is 37.8 cm³/mol. The Labute approximate surface area is 62.2 Å². The fourth-order valence-corrected chi connectivity index (χ4v) is 0.746. The topological polar surface area (TPSA) is 62.0 Å². The number of alkyl halides is 1. The Balaban J connectivity index is 2.95. The van der Waals surface area contributed by atoms with Gasteiger partial charge in [0.2, 0.25) is 0 Å². The minimum atomic E-state index is -1.65. The fourth-order valence-electron chi connectivity index (χ4n) is 0.575. The first-order chi connectivity index (χ1) is 4.54. The van der Waals surface area contributed by atoms with Crippen LogP contribution in [0.5, 0.6) is 0 Å². The van der Waals surface area contributed by atoms with E-state index in [0.29, 0.717) is 5.84 Å². The van der Waals surface area contributed by atoms with Crippen molar-refractivity contribution in [2.24, 2.45) is 9.98 Å². The van der Waals surface area contributed by atoms with Crippen molar-refractivity contribution in [3.8, 4) is 0 Å². The molecule has 0 aliphatic carbocycles. The third-order valence-corrected chi connectivity index (χ3v) is 1.39. The maximum Gasteiger partial charge on any atom is 0.353 e. The quantitative estimate of drug-likeness (QED) is 0.449. The number of hydrogen-bond acceptors (Lipinski definition) is 3. The summed E-state index contributed by atoms with van der Waals surface area (Å²) >= 11 is 5.46. The van der Waals surface area contributed by atoms with E-state index in [2.05, 4.69) is 9.98 Å². The van der Waals surface area contributed by atoms with Crippen molar-refractivity contribution in [1.29, 1.82) is 0 Å². The van der Waals surface area contributed by atoms with Crippen LogP contribution in [0.1, 0.15) is 6.92 Å². The minimum absolute atomic E-state index is 0.386. The molecule has 4 nitrogen and oxygen atoms in total. The van der Waals surface area contributed by atoms with E-state index in [1.165, 1.54) is 0 Å². The van der Waals surface area contributed by atoms with Crippen molar-refractivity contribution < 1.29 is 9.90 Å². The number of aliphatic imine (C=N–C) groups is 2. The van der Waals surface area contributed by atoms with Crippen LogP contribution in [0.3, 0.4) is 0 Å². The Morgan fingerprint density at radius 2 is 2.50 bits per heavy atom. The molecule has 1 atom stereocenters. The van der Waals surface area contributed by atoms with Crippen molar-refractivity contribution >= 4 is 29.6 Å². The molecular formula is C5H5ClN2O2. The first-order valence-corrected chi connectivity index (χ1v) is 2.96. The molecule has 1 N–H and O–H groups in total. The first-order valence-electron chi connectivity index (χ1n) is 2.58. The van der Waals surface area contributed by atoms with E-state index in [4.69, 9.17) is 16.7 Å². The van der Waals surface area contributed by atoms with Gasteiger partial charge in [-0.15, -0.1) is 0 Å². The van der Waals surface area contributed by atoms with Crippen molar-refractivity contribution in [2.75, 3.05) is 0 Å². The van der Waals surface area contributed by atoms with Crippen LogP contribution in [0, 0.1) is 0 Å². The summed E-state index contributed by atoms with van der Waals surface area (Å²) in [5.41, 5.74) is 0. The summed E-state index contributed by atoms with van der Waals surface area (Å²) in [6.45, 7) is 1.59. The Hall–Kier alpha value is -0.900. The third kappa shape index (κ3) is 1.02. The van der Waals surface area contributed by atoms with Crippen LogP contribution in [-0.4, -0.2) is 28.1 Å². The summed E-state index contributed by atoms with van der Waals surface area (Å²) < 4.78 is 0. The van der Waals surface area contributed by atoms with Gasteiger partial charge in [0, 0.05) is 0 Å². The largest absolute Gasteiger partial charge is 0.478 e. The van der Waals surface area contributed by atoms with Gasteiger partial charge in [-0.2, -0.15) is 0 Å². The SMILES string of the molecule is CC1=NC(Cl)(C(=O)O)C=N1. The molecule has 0 amide bonds. The lowest BCUT2D eigenvalue weighted by Gasteiger charge is -2.05. The first kappa shape index (κ1) is 7.21. The fraction of sp³-hybridized carbons (Fsp3) is 0.400. The second-order valence-corrected chi connectivity index (χ2v) is 2.47. The zero-order chi connectivity index (χ0) is 7.78. The van der Waals surface area contributed by atoms with Gasteiger partial charge in [-0.25, -0.2) is 14.8 Å². The highest BCUT2D eigenvalue weighted by Crippen LogP contribution is 2.19. The summed E-state index contributed by atoms with van der Waals surface area (Å²) in [5.74, 6) is -0.813. The molecule has 0 fully saturated rings. The Kier molecular flexibility index (Phi) is 1.48. The number of nitrogens with zero attached hydrogens (tertiary/aromatic N) is 2. The normalized spacial score (nSPS) is 30.4. The Morgan fingerprint density at radius 1 is 1.90 bits per heavy atom. The average Bonchev–Trinajstić information content (AvgIpc) is 2.13. The van der Waals surface area contributed by atoms with E-state index in [0.717, 1.165) is 6.21 Å². The second kappa shape index (κ2) is 2.05. The van der Waals surface area contributed by atoms with Gasteiger partial charge in [-0.1, -0.05) is 11.6 Å². The summed E-state index contributed by atoms with van der Waals surface area (Å²) in [7, 11) is 0. The van der Waals surface area contributed by atoms with Gasteiger partial charge in [0.15, 0.2) is 0 Å². The molecule has 0 saturated carbocycles. The van der Waals surface area contributed by atoms with Crippen molar-refractivity contribution in [1.82, 2.24) is 0 Å². The van der Waals surface area contributed by atoms with Crippen LogP contribution < -0.4 is 0 Å². The molecule has 0 aromatic heterocycles. The van der Waals surface area contributed by atoms with Gasteiger partial charge in [0.05, 0.1) is 6.21 Å². The smallest absolute Gasteiger partial charge is 0.353 e. The maximum atomic E-state index is 10.3.